The molecular weight excluding hydrogens is 607 g/mol. The molecule has 15 heteroatoms. The van der Waals surface area contributed by atoms with Crippen LogP contribution >= 0.6 is 11.6 Å². The highest BCUT2D eigenvalue weighted by atomic mass is 35.5. The lowest BCUT2D eigenvalue weighted by Crippen LogP contribution is -2.47. The molecule has 5 rings (SSSR count). The molecule has 3 heterocycles. The molecule has 0 atom stereocenters. The number of benzene rings is 2. The van der Waals surface area contributed by atoms with Crippen molar-refractivity contribution in [1.82, 2.24) is 19.0 Å². The molecule has 2 amide bonds. The number of aryl methyl sites for hydroxylation is 1. The zero-order chi connectivity index (χ0) is 30.9. The predicted molar refractivity (Wildman–Crippen MR) is 160 cm³/mol. The first-order chi connectivity index (χ1) is 20.3. The molecule has 0 unspecified atom stereocenters. The van der Waals surface area contributed by atoms with Crippen molar-refractivity contribution < 1.29 is 26.4 Å². The topological polar surface area (TPSA) is 117 Å². The van der Waals surface area contributed by atoms with Crippen LogP contribution in [-0.2, 0) is 35.7 Å². The van der Waals surface area contributed by atoms with E-state index in [-0.39, 0.29) is 6.54 Å². The van der Waals surface area contributed by atoms with Crippen molar-refractivity contribution in [1.29, 1.82) is 0 Å². The first kappa shape index (κ1) is 31.1. The molecule has 3 aromatic rings. The number of nitrogens with one attached hydrogen (secondary N) is 1. The number of para-hydroxylation sites is 1. The van der Waals surface area contributed by atoms with Crippen LogP contribution in [-0.4, -0.2) is 79.0 Å². The van der Waals surface area contributed by atoms with Crippen LogP contribution in [0.15, 0.2) is 42.5 Å². The zero-order valence-electron chi connectivity index (χ0n) is 23.6. The molecule has 0 spiro atoms. The molecule has 1 saturated heterocycles. The summed E-state index contributed by atoms with van der Waals surface area (Å²) in [6.45, 7) is 4.78. The number of hydrogen-bond acceptors (Lipinski definition) is 6. The van der Waals surface area contributed by atoms with Gasteiger partial charge >= 0.3 is 12.2 Å². The number of fused-ring (bicyclic) bond motifs is 1. The number of aromatic nitrogens is 2. The van der Waals surface area contributed by atoms with Crippen LogP contribution in [0.3, 0.4) is 0 Å². The van der Waals surface area contributed by atoms with Gasteiger partial charge in [0.15, 0.2) is 0 Å². The number of primary amides is 1. The van der Waals surface area contributed by atoms with Gasteiger partial charge in [0.1, 0.15) is 0 Å². The number of piperazine rings is 1. The normalized spacial score (nSPS) is 16.7. The second-order valence-corrected chi connectivity index (χ2v) is 13.1. The third-order valence-electron chi connectivity index (χ3n) is 7.83. The summed E-state index contributed by atoms with van der Waals surface area (Å²) in [4.78, 5) is 15.9. The highest BCUT2D eigenvalue weighted by Gasteiger charge is 2.32. The van der Waals surface area contributed by atoms with E-state index in [9.17, 15) is 26.4 Å². The monoisotopic (exact) mass is 639 g/mol. The molecule has 10 nitrogen and oxygen atoms in total. The molecule has 43 heavy (non-hydrogen) atoms. The minimum absolute atomic E-state index is 0.126. The van der Waals surface area contributed by atoms with Crippen LogP contribution in [0.25, 0.3) is 11.3 Å². The Hall–Kier alpha value is -3.33. The first-order valence-electron chi connectivity index (χ1n) is 13.8. The van der Waals surface area contributed by atoms with Gasteiger partial charge in [0.2, 0.25) is 10.0 Å². The summed E-state index contributed by atoms with van der Waals surface area (Å²) in [7, 11) is -3.45. The van der Waals surface area contributed by atoms with E-state index < -0.39 is 27.8 Å². The van der Waals surface area contributed by atoms with Crippen molar-refractivity contribution in [2.75, 3.05) is 55.7 Å². The lowest BCUT2D eigenvalue weighted by atomic mass is 10.0. The molecule has 0 radical (unpaired) electrons. The largest absolute Gasteiger partial charge is 0.416 e. The number of nitrogens with zero attached hydrogens (tertiary/aromatic N) is 5. The Morgan fingerprint density at radius 1 is 1.05 bits per heavy atom. The number of anilines is 2. The predicted octanol–water partition coefficient (Wildman–Crippen LogP) is 4.24. The molecule has 0 saturated carbocycles. The van der Waals surface area contributed by atoms with E-state index >= 15 is 0 Å². The summed E-state index contributed by atoms with van der Waals surface area (Å²) in [6.07, 6.45) is -2.06. The van der Waals surface area contributed by atoms with Crippen LogP contribution < -0.4 is 16.0 Å². The summed E-state index contributed by atoms with van der Waals surface area (Å²) in [5.74, 6) is 0. The molecule has 1 fully saturated rings. The number of alkyl halides is 3. The van der Waals surface area contributed by atoms with E-state index in [4.69, 9.17) is 22.4 Å². The number of amides is 2. The number of halogens is 4. The van der Waals surface area contributed by atoms with Crippen LogP contribution in [0.4, 0.5) is 29.3 Å². The number of carbonyl (C=O) groups excluding carboxylic acids is 1. The van der Waals surface area contributed by atoms with Gasteiger partial charge in [-0.05, 0) is 30.7 Å². The molecule has 2 aliphatic rings. The van der Waals surface area contributed by atoms with Crippen molar-refractivity contribution in [3.05, 3.63) is 64.3 Å². The molecule has 0 aliphatic carbocycles. The average Bonchev–Trinajstić information content (AvgIpc) is 3.30. The third kappa shape index (κ3) is 7.08. The summed E-state index contributed by atoms with van der Waals surface area (Å²) in [5.41, 5.74) is 8.53. The van der Waals surface area contributed by atoms with Crippen molar-refractivity contribution in [3.63, 3.8) is 0 Å². The number of hydrogen-bond donors (Lipinski definition) is 2. The van der Waals surface area contributed by atoms with E-state index in [0.29, 0.717) is 54.6 Å². The second-order valence-electron chi connectivity index (χ2n) is 10.7. The number of urea groups is 1. The second kappa shape index (κ2) is 12.3. The molecule has 3 N–H and O–H groups in total. The Bertz CT molecular complexity index is 1590. The minimum Gasteiger partial charge on any atom is -0.366 e. The fraction of sp³-hybridized carbons (Fsp3) is 0.429. The molecule has 232 valence electrons. The van der Waals surface area contributed by atoms with Crippen molar-refractivity contribution in [2.24, 2.45) is 5.73 Å². The molecule has 1 aromatic heterocycles. The average molecular weight is 640 g/mol. The van der Waals surface area contributed by atoms with Crippen LogP contribution in [0.1, 0.15) is 23.2 Å². The van der Waals surface area contributed by atoms with Crippen molar-refractivity contribution in [2.45, 2.75) is 32.1 Å². The maximum Gasteiger partial charge on any atom is 0.416 e. The maximum absolute atomic E-state index is 13.1. The van der Waals surface area contributed by atoms with Gasteiger partial charge in [-0.15, -0.1) is 0 Å². The third-order valence-corrected chi connectivity index (χ3v) is 9.39. The number of carbonyl (C=O) groups is 1. The molecular formula is C28H33ClF3N7O3S. The molecule has 2 aromatic carbocycles. The first-order valence-corrected chi connectivity index (χ1v) is 16.1. The number of nitrogens with two attached hydrogens (primary N) is 1. The van der Waals surface area contributed by atoms with Crippen LogP contribution in [0.5, 0.6) is 0 Å². The van der Waals surface area contributed by atoms with E-state index in [1.165, 1.54) is 16.4 Å². The summed E-state index contributed by atoms with van der Waals surface area (Å²) >= 11 is 6.46. The van der Waals surface area contributed by atoms with Crippen LogP contribution in [0, 0.1) is 0 Å². The van der Waals surface area contributed by atoms with Gasteiger partial charge in [0.25, 0.3) is 0 Å². The smallest absolute Gasteiger partial charge is 0.366 e. The molecule has 0 bridgehead atoms. The van der Waals surface area contributed by atoms with E-state index in [1.807, 2.05) is 4.68 Å². The van der Waals surface area contributed by atoms with Gasteiger partial charge in [-0.1, -0.05) is 29.8 Å². The van der Waals surface area contributed by atoms with Gasteiger partial charge in [-0.2, -0.15) is 22.6 Å². The van der Waals surface area contributed by atoms with Crippen LogP contribution in [0.2, 0.25) is 5.02 Å². The quantitative estimate of drug-likeness (QED) is 0.381. The van der Waals surface area contributed by atoms with E-state index in [1.54, 1.807) is 18.2 Å². The Morgan fingerprint density at radius 3 is 2.37 bits per heavy atom. The Labute approximate surface area is 253 Å². The van der Waals surface area contributed by atoms with E-state index in [0.717, 1.165) is 61.4 Å². The molecule has 2 aliphatic heterocycles. The SMILES string of the molecule is CS(=O)(=O)N1CCc2c(c(-c3ccc(C(F)(F)F)cc3)nn2CCCN2CCN(c3c(Cl)cccc3NC(N)=O)CC2)C1. The fourth-order valence-corrected chi connectivity index (χ4v) is 6.77. The Kier molecular flexibility index (Phi) is 8.93. The van der Waals surface area contributed by atoms with Crippen molar-refractivity contribution in [3.8, 4) is 11.3 Å². The van der Waals surface area contributed by atoms with Gasteiger partial charge in [0, 0.05) is 75.6 Å². The van der Waals surface area contributed by atoms with Gasteiger partial charge in [0.05, 0.1) is 33.9 Å². The Balaban J connectivity index is 1.27. The lowest BCUT2D eigenvalue weighted by molar-refractivity contribution is -0.137. The van der Waals surface area contributed by atoms with Gasteiger partial charge < -0.3 is 16.0 Å². The van der Waals surface area contributed by atoms with Gasteiger partial charge in [-0.25, -0.2) is 13.2 Å². The lowest BCUT2D eigenvalue weighted by Gasteiger charge is -2.37. The summed E-state index contributed by atoms with van der Waals surface area (Å²) in [6, 6.07) is 9.44. The maximum atomic E-state index is 13.1. The standard InChI is InChI=1S/C28H33ClF3N7O3S/c1-43(41,42)38-13-10-24-21(18-38)25(19-6-8-20(9-7-19)28(30,31)32)35-39(24)12-3-11-36-14-16-37(17-15-36)26-22(29)4-2-5-23(26)34-27(33)40/h2,4-9H,3,10-18H2,1H3,(H3,33,34,40). The van der Waals surface area contributed by atoms with Crippen molar-refractivity contribution >= 4 is 39.0 Å². The Morgan fingerprint density at radius 2 is 1.74 bits per heavy atom. The summed E-state index contributed by atoms with van der Waals surface area (Å²) < 4.78 is 67.2. The van der Waals surface area contributed by atoms with E-state index in [2.05, 4.69) is 15.1 Å². The zero-order valence-corrected chi connectivity index (χ0v) is 25.1. The number of sulfonamides is 1. The highest BCUT2D eigenvalue weighted by Crippen LogP contribution is 2.36. The highest BCUT2D eigenvalue weighted by molar-refractivity contribution is 7.88. The minimum atomic E-state index is -4.45. The van der Waals surface area contributed by atoms with Gasteiger partial charge in [-0.3, -0.25) is 9.58 Å². The number of rotatable bonds is 8. The summed E-state index contributed by atoms with van der Waals surface area (Å²) in [5, 5.41) is 7.94. The fourth-order valence-electron chi connectivity index (χ4n) is 5.69.